The Morgan fingerprint density at radius 3 is 2.44 bits per heavy atom. The van der Waals surface area contributed by atoms with E-state index in [9.17, 15) is 4.79 Å². The van der Waals surface area contributed by atoms with Crippen LogP contribution in [0.5, 0.6) is 23.0 Å². The molecule has 9 nitrogen and oxygen atoms in total. The fourth-order valence-corrected chi connectivity index (χ4v) is 4.96. The van der Waals surface area contributed by atoms with Crippen LogP contribution in [0, 0.1) is 0 Å². The summed E-state index contributed by atoms with van der Waals surface area (Å²) >= 11 is 12.4. The summed E-state index contributed by atoms with van der Waals surface area (Å²) < 4.78 is 22.3. The van der Waals surface area contributed by atoms with E-state index in [1.807, 2.05) is 6.07 Å². The van der Waals surface area contributed by atoms with E-state index in [2.05, 4.69) is 20.6 Å². The third kappa shape index (κ3) is 4.74. The van der Waals surface area contributed by atoms with Gasteiger partial charge in [0.2, 0.25) is 11.2 Å². The molecular weight excluding hydrogens is 504 g/mol. The standard InChI is InChI=1S/C25H25ClN4O5S/c1-32-18-8-6-13-15(11-17(18)31)16(29-25(36)30-19-12-27-9-10-28-19)7-5-14-20(13)22(33-2)24(35-4)23(34-3)21(14)26/h6,8-12,16H,5,7H2,1-4H3,(H2,28,29,30,36)/t16-/m0/s1. The Bertz CT molecular complexity index is 1360. The normalized spacial score (nSPS) is 14.0. The highest BCUT2D eigenvalue weighted by atomic mass is 35.5. The molecule has 36 heavy (non-hydrogen) atoms. The zero-order valence-corrected chi connectivity index (χ0v) is 21.7. The maximum atomic E-state index is 13.0. The molecule has 0 fully saturated rings. The molecule has 0 spiro atoms. The molecule has 0 unspecified atom stereocenters. The fourth-order valence-electron chi connectivity index (χ4n) is 4.36. The molecule has 4 rings (SSSR count). The predicted molar refractivity (Wildman–Crippen MR) is 142 cm³/mol. The van der Waals surface area contributed by atoms with E-state index in [4.69, 9.17) is 42.8 Å². The van der Waals surface area contributed by atoms with Gasteiger partial charge in [0.25, 0.3) is 0 Å². The minimum atomic E-state index is -0.355. The topological polar surface area (TPSA) is 104 Å². The summed E-state index contributed by atoms with van der Waals surface area (Å²) in [5.74, 6) is 1.89. The summed E-state index contributed by atoms with van der Waals surface area (Å²) in [6.07, 6.45) is 5.80. The van der Waals surface area contributed by atoms with Gasteiger partial charge in [-0.25, -0.2) is 4.98 Å². The van der Waals surface area contributed by atoms with Crippen LogP contribution < -0.4 is 35.0 Å². The second-order valence-corrected chi connectivity index (χ2v) is 8.61. The number of nitrogens with one attached hydrogen (secondary N) is 2. The Kier molecular flexibility index (Phi) is 7.76. The number of hydrogen-bond donors (Lipinski definition) is 2. The highest BCUT2D eigenvalue weighted by Crippen LogP contribution is 2.54. The Hall–Kier alpha value is -3.63. The molecule has 2 aromatic carbocycles. The number of anilines is 1. The largest absolute Gasteiger partial charge is 0.493 e. The average molecular weight is 529 g/mol. The molecule has 3 aromatic rings. The lowest BCUT2D eigenvalue weighted by Gasteiger charge is -2.21. The maximum absolute atomic E-state index is 13.0. The lowest BCUT2D eigenvalue weighted by molar-refractivity contribution is 0.325. The number of halogens is 1. The van der Waals surface area contributed by atoms with Gasteiger partial charge in [-0.3, -0.25) is 9.78 Å². The predicted octanol–water partition coefficient (Wildman–Crippen LogP) is 4.17. The quantitative estimate of drug-likeness (QED) is 0.453. The third-order valence-electron chi connectivity index (χ3n) is 5.92. The number of nitrogens with zero attached hydrogens (tertiary/aromatic N) is 2. The van der Waals surface area contributed by atoms with Gasteiger partial charge in [-0.1, -0.05) is 17.7 Å². The number of benzene rings is 1. The Labute approximate surface area is 218 Å². The highest BCUT2D eigenvalue weighted by molar-refractivity contribution is 7.80. The van der Waals surface area contributed by atoms with Crippen molar-refractivity contribution in [2.24, 2.45) is 0 Å². The molecule has 11 heteroatoms. The van der Waals surface area contributed by atoms with Crippen LogP contribution in [0.4, 0.5) is 5.82 Å². The van der Waals surface area contributed by atoms with Gasteiger partial charge in [0.05, 0.1) is 45.7 Å². The summed E-state index contributed by atoms with van der Waals surface area (Å²) in [4.78, 5) is 21.2. The van der Waals surface area contributed by atoms with Gasteiger partial charge in [-0.05, 0) is 53.9 Å². The Balaban J connectivity index is 1.91. The molecule has 0 saturated heterocycles. The van der Waals surface area contributed by atoms with E-state index in [1.54, 1.807) is 37.8 Å². The van der Waals surface area contributed by atoms with Crippen LogP contribution in [0.3, 0.4) is 0 Å². The SMILES string of the molecule is COc1c(Cl)c2c(c(OC)c1OC)-c1ccc(OC)c(=O)cc1[C@@H](NC(=S)Nc1cnccn1)CC2. The first-order chi connectivity index (χ1) is 17.4. The van der Waals surface area contributed by atoms with Crippen LogP contribution in [0.2, 0.25) is 5.02 Å². The van der Waals surface area contributed by atoms with E-state index in [-0.39, 0.29) is 17.2 Å². The van der Waals surface area contributed by atoms with E-state index in [0.717, 1.165) is 11.1 Å². The minimum Gasteiger partial charge on any atom is -0.493 e. The summed E-state index contributed by atoms with van der Waals surface area (Å²) in [6.45, 7) is 0. The van der Waals surface area contributed by atoms with Crippen LogP contribution >= 0.6 is 23.8 Å². The van der Waals surface area contributed by atoms with Crippen molar-refractivity contribution in [3.05, 3.63) is 63.2 Å². The van der Waals surface area contributed by atoms with Crippen molar-refractivity contribution in [3.63, 3.8) is 0 Å². The van der Waals surface area contributed by atoms with E-state index < -0.39 is 0 Å². The van der Waals surface area contributed by atoms with Crippen LogP contribution in [-0.4, -0.2) is 43.5 Å². The number of fused-ring (bicyclic) bond motifs is 3. The molecule has 188 valence electrons. The number of methoxy groups -OCH3 is 4. The summed E-state index contributed by atoms with van der Waals surface area (Å²) in [6, 6.07) is 4.65. The van der Waals surface area contributed by atoms with Gasteiger partial charge in [0.15, 0.2) is 28.2 Å². The number of ether oxygens (including phenoxy) is 4. The molecule has 0 amide bonds. The van der Waals surface area contributed by atoms with Crippen molar-refractivity contribution in [1.82, 2.24) is 15.3 Å². The van der Waals surface area contributed by atoms with Crippen LogP contribution in [-0.2, 0) is 6.42 Å². The summed E-state index contributed by atoms with van der Waals surface area (Å²) in [5.41, 5.74) is 2.67. The first-order valence-electron chi connectivity index (χ1n) is 11.0. The lowest BCUT2D eigenvalue weighted by atomic mass is 9.95. The Morgan fingerprint density at radius 1 is 1.06 bits per heavy atom. The molecule has 1 aromatic heterocycles. The zero-order chi connectivity index (χ0) is 25.8. The molecule has 0 radical (unpaired) electrons. The van der Waals surface area contributed by atoms with Gasteiger partial charge in [0.1, 0.15) is 0 Å². The van der Waals surface area contributed by atoms with Crippen LogP contribution in [0.25, 0.3) is 11.1 Å². The third-order valence-corrected chi connectivity index (χ3v) is 6.54. The van der Waals surface area contributed by atoms with Crippen LogP contribution in [0.1, 0.15) is 23.6 Å². The molecule has 0 aliphatic heterocycles. The van der Waals surface area contributed by atoms with Crippen molar-refractivity contribution in [2.75, 3.05) is 33.8 Å². The van der Waals surface area contributed by atoms with Gasteiger partial charge in [-0.2, -0.15) is 0 Å². The van der Waals surface area contributed by atoms with Crippen LogP contribution in [0.15, 0.2) is 41.6 Å². The van der Waals surface area contributed by atoms with E-state index in [0.29, 0.717) is 57.2 Å². The van der Waals surface area contributed by atoms with Crippen molar-refractivity contribution in [3.8, 4) is 34.1 Å². The lowest BCUT2D eigenvalue weighted by Crippen LogP contribution is -2.33. The highest BCUT2D eigenvalue weighted by Gasteiger charge is 2.32. The van der Waals surface area contributed by atoms with Crippen molar-refractivity contribution in [2.45, 2.75) is 18.9 Å². The molecule has 1 aliphatic rings. The number of aromatic nitrogens is 2. The molecule has 1 heterocycles. The number of hydrogen-bond acceptors (Lipinski definition) is 8. The smallest absolute Gasteiger partial charge is 0.220 e. The zero-order valence-electron chi connectivity index (χ0n) is 20.2. The van der Waals surface area contributed by atoms with Gasteiger partial charge < -0.3 is 29.6 Å². The van der Waals surface area contributed by atoms with Gasteiger partial charge in [-0.15, -0.1) is 0 Å². The molecule has 0 saturated carbocycles. The summed E-state index contributed by atoms with van der Waals surface area (Å²) in [7, 11) is 6.05. The first kappa shape index (κ1) is 25.5. The fraction of sp³-hybridized carbons (Fsp3) is 0.280. The molecule has 1 atom stereocenters. The second kappa shape index (κ2) is 11.0. The molecule has 2 N–H and O–H groups in total. The molecule has 1 aliphatic carbocycles. The van der Waals surface area contributed by atoms with Crippen molar-refractivity contribution in [1.29, 1.82) is 0 Å². The number of rotatable bonds is 6. The van der Waals surface area contributed by atoms with Crippen molar-refractivity contribution >= 4 is 34.7 Å². The Morgan fingerprint density at radius 2 is 1.81 bits per heavy atom. The number of thiocarbonyl (C=S) groups is 1. The van der Waals surface area contributed by atoms with E-state index >= 15 is 0 Å². The van der Waals surface area contributed by atoms with Crippen molar-refractivity contribution < 1.29 is 18.9 Å². The van der Waals surface area contributed by atoms with Gasteiger partial charge >= 0.3 is 0 Å². The first-order valence-corrected chi connectivity index (χ1v) is 11.8. The minimum absolute atomic E-state index is 0.203. The second-order valence-electron chi connectivity index (χ2n) is 7.83. The molecular formula is C25H25ClN4O5S. The summed E-state index contributed by atoms with van der Waals surface area (Å²) in [5, 5.41) is 7.09. The van der Waals surface area contributed by atoms with E-state index in [1.165, 1.54) is 21.3 Å². The average Bonchev–Trinajstić information content (AvgIpc) is 3.13. The van der Waals surface area contributed by atoms with Gasteiger partial charge in [0, 0.05) is 18.0 Å². The monoisotopic (exact) mass is 528 g/mol. The maximum Gasteiger partial charge on any atom is 0.220 e. The molecule has 0 bridgehead atoms.